The maximum atomic E-state index is 12.1. The molecule has 0 amide bonds. The molecule has 3 aromatic rings. The van der Waals surface area contributed by atoms with Crippen LogP contribution >= 0.6 is 11.8 Å². The van der Waals surface area contributed by atoms with E-state index in [1.54, 1.807) is 33.5 Å². The molecule has 0 aliphatic heterocycles. The summed E-state index contributed by atoms with van der Waals surface area (Å²) in [7, 11) is 4.64. The Bertz CT molecular complexity index is 934. The molecule has 0 aliphatic carbocycles. The third-order valence-corrected chi connectivity index (χ3v) is 5.09. The molecule has 0 N–H and O–H groups in total. The number of ether oxygens (including phenoxy) is 3. The van der Waals surface area contributed by atoms with Crippen LogP contribution in [0.4, 0.5) is 0 Å². The highest BCUT2D eigenvalue weighted by Gasteiger charge is 2.17. The van der Waals surface area contributed by atoms with E-state index in [0.29, 0.717) is 46.1 Å². The molecule has 0 fully saturated rings. The van der Waals surface area contributed by atoms with E-state index in [1.807, 2.05) is 30.3 Å². The van der Waals surface area contributed by atoms with Gasteiger partial charge in [-0.3, -0.25) is 4.79 Å². The number of rotatable bonds is 10. The molecule has 29 heavy (non-hydrogen) atoms. The fourth-order valence-corrected chi connectivity index (χ4v) is 3.45. The second-order valence-corrected chi connectivity index (χ2v) is 7.07. The van der Waals surface area contributed by atoms with Crippen molar-refractivity contribution < 1.29 is 23.4 Å². The van der Waals surface area contributed by atoms with Crippen LogP contribution in [0.1, 0.15) is 23.2 Å². The zero-order valence-electron chi connectivity index (χ0n) is 16.5. The van der Waals surface area contributed by atoms with Gasteiger partial charge in [0.1, 0.15) is 0 Å². The van der Waals surface area contributed by atoms with Crippen LogP contribution in [0, 0.1) is 0 Å². The lowest BCUT2D eigenvalue weighted by Gasteiger charge is -2.12. The molecule has 0 unspecified atom stereocenters. The number of methoxy groups -OCH3 is 3. The topological polar surface area (TPSA) is 83.7 Å². The molecule has 0 saturated heterocycles. The molecule has 152 valence electrons. The predicted octanol–water partition coefficient (Wildman–Crippen LogP) is 4.52. The Hall–Kier alpha value is -3.00. The Morgan fingerprint density at radius 3 is 2.31 bits per heavy atom. The number of Topliss-reactive ketones (excluding diaryl/α,β-unsaturated/α-hetero) is 1. The quantitative estimate of drug-likeness (QED) is 0.272. The molecule has 8 heteroatoms. The van der Waals surface area contributed by atoms with E-state index in [4.69, 9.17) is 18.6 Å². The molecule has 1 heterocycles. The van der Waals surface area contributed by atoms with Crippen molar-refractivity contribution in [1.82, 2.24) is 10.2 Å². The lowest BCUT2D eigenvalue weighted by Crippen LogP contribution is -1.99. The predicted molar refractivity (Wildman–Crippen MR) is 110 cm³/mol. The largest absolute Gasteiger partial charge is 0.493 e. The number of nitrogens with zero attached hydrogens (tertiary/aromatic N) is 2. The van der Waals surface area contributed by atoms with Crippen molar-refractivity contribution in [3.05, 3.63) is 48.0 Å². The summed E-state index contributed by atoms with van der Waals surface area (Å²) in [6.07, 6.45) is 1.20. The van der Waals surface area contributed by atoms with Gasteiger partial charge in [-0.1, -0.05) is 42.1 Å². The first-order chi connectivity index (χ1) is 14.2. The number of aromatic nitrogens is 2. The van der Waals surface area contributed by atoms with Gasteiger partial charge in [0.15, 0.2) is 17.3 Å². The molecule has 0 saturated carbocycles. The van der Waals surface area contributed by atoms with E-state index in [9.17, 15) is 4.79 Å². The van der Waals surface area contributed by atoms with Gasteiger partial charge in [0.2, 0.25) is 11.6 Å². The number of carbonyl (C=O) groups excluding carboxylic acids is 1. The molecular formula is C21H22N2O5S. The Kier molecular flexibility index (Phi) is 7.13. The zero-order valence-corrected chi connectivity index (χ0v) is 17.3. The summed E-state index contributed by atoms with van der Waals surface area (Å²) in [5.41, 5.74) is 1.40. The Balaban J connectivity index is 1.60. The average Bonchev–Trinajstić information content (AvgIpc) is 3.25. The van der Waals surface area contributed by atoms with Gasteiger partial charge >= 0.3 is 0 Å². The molecule has 0 aliphatic rings. The molecule has 2 aromatic carbocycles. The number of thioether (sulfide) groups is 1. The monoisotopic (exact) mass is 414 g/mol. The lowest BCUT2D eigenvalue weighted by atomic mass is 10.1. The van der Waals surface area contributed by atoms with Gasteiger partial charge < -0.3 is 18.6 Å². The molecule has 1 aromatic heterocycles. The van der Waals surface area contributed by atoms with Crippen molar-refractivity contribution in [1.29, 1.82) is 0 Å². The van der Waals surface area contributed by atoms with Crippen LogP contribution < -0.4 is 14.2 Å². The van der Waals surface area contributed by atoms with Gasteiger partial charge in [0, 0.05) is 23.3 Å². The van der Waals surface area contributed by atoms with Gasteiger partial charge in [0.05, 0.1) is 21.3 Å². The smallest absolute Gasteiger partial charge is 0.276 e. The van der Waals surface area contributed by atoms with Crippen LogP contribution in [0.25, 0.3) is 11.5 Å². The van der Waals surface area contributed by atoms with Crippen molar-refractivity contribution in [3.8, 4) is 28.7 Å². The average molecular weight is 414 g/mol. The number of hydrogen-bond donors (Lipinski definition) is 0. The third kappa shape index (κ3) is 5.08. The van der Waals surface area contributed by atoms with Crippen LogP contribution in [0.2, 0.25) is 0 Å². The number of hydrogen-bond acceptors (Lipinski definition) is 8. The fourth-order valence-electron chi connectivity index (χ4n) is 2.75. The summed E-state index contributed by atoms with van der Waals surface area (Å²) in [6.45, 7) is 0. The van der Waals surface area contributed by atoms with E-state index in [0.717, 1.165) is 12.0 Å². The van der Waals surface area contributed by atoms with E-state index >= 15 is 0 Å². The van der Waals surface area contributed by atoms with Crippen LogP contribution in [0.3, 0.4) is 0 Å². The number of benzene rings is 2. The van der Waals surface area contributed by atoms with E-state index < -0.39 is 0 Å². The number of ketones is 1. The van der Waals surface area contributed by atoms with Crippen molar-refractivity contribution in [2.75, 3.05) is 27.1 Å². The van der Waals surface area contributed by atoms with Gasteiger partial charge in [-0.15, -0.1) is 10.2 Å². The summed E-state index contributed by atoms with van der Waals surface area (Å²) >= 11 is 1.42. The molecular weight excluding hydrogens is 392 g/mol. The zero-order chi connectivity index (χ0) is 20.6. The highest BCUT2D eigenvalue weighted by Crippen LogP contribution is 2.41. The molecule has 0 spiro atoms. The second-order valence-electron chi connectivity index (χ2n) is 6.03. The highest BCUT2D eigenvalue weighted by molar-refractivity contribution is 7.99. The molecule has 7 nitrogen and oxygen atoms in total. The minimum atomic E-state index is 0.134. The van der Waals surface area contributed by atoms with Crippen molar-refractivity contribution >= 4 is 17.5 Å². The molecule has 0 atom stereocenters. The standard InChI is InChI=1S/C21H22N2O5S/c1-25-17-12-15(13-18(26-2)19(17)27-3)20-22-23-21(28-20)29-11-7-10-16(24)14-8-5-4-6-9-14/h4-6,8-9,12-13H,7,10-11H2,1-3H3. The Morgan fingerprint density at radius 2 is 1.69 bits per heavy atom. The first-order valence-electron chi connectivity index (χ1n) is 9.01. The van der Waals surface area contributed by atoms with Crippen LogP contribution in [0.15, 0.2) is 52.1 Å². The summed E-state index contributed by atoms with van der Waals surface area (Å²) < 4.78 is 21.8. The van der Waals surface area contributed by atoms with Crippen molar-refractivity contribution in [2.45, 2.75) is 18.1 Å². The normalized spacial score (nSPS) is 10.6. The third-order valence-electron chi connectivity index (χ3n) is 4.19. The van der Waals surface area contributed by atoms with Crippen molar-refractivity contribution in [3.63, 3.8) is 0 Å². The second kappa shape index (κ2) is 9.97. The van der Waals surface area contributed by atoms with Gasteiger partial charge in [-0.25, -0.2) is 0 Å². The minimum absolute atomic E-state index is 0.134. The van der Waals surface area contributed by atoms with Gasteiger partial charge in [-0.05, 0) is 18.6 Å². The molecule has 0 bridgehead atoms. The molecule has 3 rings (SSSR count). The summed E-state index contributed by atoms with van der Waals surface area (Å²) in [5, 5.41) is 8.61. The van der Waals surface area contributed by atoms with Crippen LogP contribution in [-0.2, 0) is 0 Å². The SMILES string of the molecule is COc1cc(-c2nnc(SCCCC(=O)c3ccccc3)o2)cc(OC)c1OC. The summed E-state index contributed by atoms with van der Waals surface area (Å²) in [5.74, 6) is 2.70. The highest BCUT2D eigenvalue weighted by atomic mass is 32.2. The van der Waals surface area contributed by atoms with E-state index in [2.05, 4.69) is 10.2 Å². The first-order valence-corrected chi connectivity index (χ1v) is 9.99. The number of carbonyl (C=O) groups is 1. The molecule has 0 radical (unpaired) electrons. The maximum Gasteiger partial charge on any atom is 0.276 e. The lowest BCUT2D eigenvalue weighted by molar-refractivity contribution is 0.0982. The first kappa shape index (κ1) is 20.7. The fraction of sp³-hybridized carbons (Fsp3) is 0.286. The van der Waals surface area contributed by atoms with E-state index in [1.165, 1.54) is 11.8 Å². The van der Waals surface area contributed by atoms with E-state index in [-0.39, 0.29) is 5.78 Å². The summed E-state index contributed by atoms with van der Waals surface area (Å²) in [6, 6.07) is 12.8. The van der Waals surface area contributed by atoms with Crippen LogP contribution in [0.5, 0.6) is 17.2 Å². The summed E-state index contributed by atoms with van der Waals surface area (Å²) in [4.78, 5) is 12.1. The van der Waals surface area contributed by atoms with Crippen molar-refractivity contribution in [2.24, 2.45) is 0 Å². The Morgan fingerprint density at radius 1 is 1.00 bits per heavy atom. The van der Waals surface area contributed by atoms with Gasteiger partial charge in [-0.2, -0.15) is 0 Å². The maximum absolute atomic E-state index is 12.1. The van der Waals surface area contributed by atoms with Gasteiger partial charge in [0.25, 0.3) is 5.22 Å². The van der Waals surface area contributed by atoms with Crippen LogP contribution in [-0.4, -0.2) is 43.1 Å². The minimum Gasteiger partial charge on any atom is -0.493 e. The Labute approximate surface area is 173 Å².